The lowest BCUT2D eigenvalue weighted by Gasteiger charge is -2.13. The van der Waals surface area contributed by atoms with E-state index in [1.807, 2.05) is 26.0 Å². The van der Waals surface area contributed by atoms with Gasteiger partial charge in [0.05, 0.1) is 5.02 Å². The molecule has 0 saturated heterocycles. The summed E-state index contributed by atoms with van der Waals surface area (Å²) in [6.07, 6.45) is 0. The number of anilines is 2. The Morgan fingerprint density at radius 2 is 1.65 bits per heavy atom. The highest BCUT2D eigenvalue weighted by atomic mass is 35.5. The first kappa shape index (κ1) is 17.4. The summed E-state index contributed by atoms with van der Waals surface area (Å²) in [6, 6.07) is 10.4. The van der Waals surface area contributed by atoms with Crippen molar-refractivity contribution in [3.8, 4) is 5.75 Å². The number of hydrogen-bond acceptors (Lipinski definition) is 2. The smallest absolute Gasteiger partial charge is 0.387 e. The molecule has 0 aromatic heterocycles. The van der Waals surface area contributed by atoms with Gasteiger partial charge in [-0.15, -0.1) is 0 Å². The summed E-state index contributed by atoms with van der Waals surface area (Å²) in [5.41, 5.74) is 3.67. The van der Waals surface area contributed by atoms with Crippen molar-refractivity contribution in [2.45, 2.75) is 20.5 Å². The third kappa shape index (κ3) is 5.33. The molecule has 122 valence electrons. The van der Waals surface area contributed by atoms with E-state index in [4.69, 9.17) is 23.8 Å². The number of benzene rings is 2. The maximum absolute atomic E-state index is 12.2. The van der Waals surface area contributed by atoms with E-state index < -0.39 is 6.61 Å². The van der Waals surface area contributed by atoms with Gasteiger partial charge in [0.25, 0.3) is 0 Å². The van der Waals surface area contributed by atoms with Crippen LogP contribution in [0.2, 0.25) is 5.02 Å². The summed E-state index contributed by atoms with van der Waals surface area (Å²) in [6.45, 7) is 1.07. The highest BCUT2D eigenvalue weighted by molar-refractivity contribution is 7.80. The van der Waals surface area contributed by atoms with Crippen molar-refractivity contribution in [2.75, 3.05) is 10.6 Å². The van der Waals surface area contributed by atoms with Gasteiger partial charge in [0.15, 0.2) is 5.11 Å². The zero-order chi connectivity index (χ0) is 17.0. The Kier molecular flexibility index (Phi) is 5.74. The number of thiocarbonyl (C=S) groups is 1. The fourth-order valence-electron chi connectivity index (χ4n) is 2.11. The molecule has 0 radical (unpaired) electrons. The van der Waals surface area contributed by atoms with Gasteiger partial charge in [-0.05, 0) is 67.5 Å². The van der Waals surface area contributed by atoms with Crippen LogP contribution in [0.1, 0.15) is 11.1 Å². The summed E-state index contributed by atoms with van der Waals surface area (Å²) >= 11 is 11.1. The largest absolute Gasteiger partial charge is 0.433 e. The number of alkyl halides is 2. The summed E-state index contributed by atoms with van der Waals surface area (Å²) in [5, 5.41) is 6.45. The maximum atomic E-state index is 12.2. The molecule has 0 spiro atoms. The van der Waals surface area contributed by atoms with Crippen LogP contribution in [0.25, 0.3) is 0 Å². The number of rotatable bonds is 4. The van der Waals surface area contributed by atoms with Gasteiger partial charge >= 0.3 is 6.61 Å². The molecule has 23 heavy (non-hydrogen) atoms. The van der Waals surface area contributed by atoms with Crippen molar-refractivity contribution in [3.05, 3.63) is 52.5 Å². The van der Waals surface area contributed by atoms with E-state index in [1.54, 1.807) is 6.07 Å². The molecule has 3 nitrogen and oxygen atoms in total. The fourth-order valence-corrected chi connectivity index (χ4v) is 2.57. The van der Waals surface area contributed by atoms with Crippen LogP contribution < -0.4 is 15.4 Å². The number of hydrogen-bond donors (Lipinski definition) is 2. The summed E-state index contributed by atoms with van der Waals surface area (Å²) in [5.74, 6) is -0.0830. The van der Waals surface area contributed by atoms with Crippen LogP contribution in [0.5, 0.6) is 5.75 Å². The number of ether oxygens (including phenoxy) is 1. The van der Waals surface area contributed by atoms with Crippen LogP contribution in [0.4, 0.5) is 20.2 Å². The Bertz CT molecular complexity index is 705. The summed E-state index contributed by atoms with van der Waals surface area (Å²) in [4.78, 5) is 0. The third-order valence-corrected chi connectivity index (χ3v) is 3.38. The van der Waals surface area contributed by atoms with E-state index in [0.29, 0.717) is 10.8 Å². The minimum absolute atomic E-state index is 0.0736. The number of aryl methyl sites for hydroxylation is 2. The van der Waals surface area contributed by atoms with Gasteiger partial charge in [-0.1, -0.05) is 17.7 Å². The average Bonchev–Trinajstić information content (AvgIpc) is 2.40. The third-order valence-electron chi connectivity index (χ3n) is 2.89. The van der Waals surface area contributed by atoms with Crippen molar-refractivity contribution in [3.63, 3.8) is 0 Å². The Labute approximate surface area is 143 Å². The molecule has 0 heterocycles. The van der Waals surface area contributed by atoms with Crippen molar-refractivity contribution in [1.82, 2.24) is 0 Å². The van der Waals surface area contributed by atoms with Crippen LogP contribution in [0.3, 0.4) is 0 Å². The van der Waals surface area contributed by atoms with E-state index in [9.17, 15) is 8.78 Å². The maximum Gasteiger partial charge on any atom is 0.387 e. The molecule has 2 aromatic carbocycles. The molecule has 0 aliphatic heterocycles. The van der Waals surface area contributed by atoms with Gasteiger partial charge in [-0.3, -0.25) is 0 Å². The summed E-state index contributed by atoms with van der Waals surface area (Å²) in [7, 11) is 0. The summed E-state index contributed by atoms with van der Waals surface area (Å²) < 4.78 is 28.7. The molecule has 0 bridgehead atoms. The topological polar surface area (TPSA) is 33.3 Å². The van der Waals surface area contributed by atoms with E-state index in [0.717, 1.165) is 16.8 Å². The van der Waals surface area contributed by atoms with Gasteiger partial charge in [0.1, 0.15) is 5.75 Å². The molecular weight excluding hydrogens is 342 g/mol. The van der Waals surface area contributed by atoms with Gasteiger partial charge in [-0.2, -0.15) is 8.78 Å². The standard InChI is InChI=1S/C16H15ClF2N2OS/c1-9-5-10(2)7-12(6-9)21-16(23)20-11-3-4-14(13(17)8-11)22-15(18)19/h3-8,15H,1-2H3,(H2,20,21,23). The second-order valence-electron chi connectivity index (χ2n) is 4.98. The minimum atomic E-state index is -2.92. The fraction of sp³-hybridized carbons (Fsp3) is 0.188. The van der Waals surface area contributed by atoms with Gasteiger partial charge < -0.3 is 15.4 Å². The Morgan fingerprint density at radius 1 is 1.04 bits per heavy atom. The SMILES string of the molecule is Cc1cc(C)cc(NC(=S)Nc2ccc(OC(F)F)c(Cl)c2)c1. The predicted octanol–water partition coefficient (Wildman–Crippen LogP) is 5.37. The monoisotopic (exact) mass is 356 g/mol. The minimum Gasteiger partial charge on any atom is -0.433 e. The first-order chi connectivity index (χ1) is 10.8. The zero-order valence-electron chi connectivity index (χ0n) is 12.5. The first-order valence-corrected chi connectivity index (χ1v) is 7.53. The van der Waals surface area contributed by atoms with Crippen LogP contribution in [0.15, 0.2) is 36.4 Å². The highest BCUT2D eigenvalue weighted by Crippen LogP contribution is 2.29. The second-order valence-corrected chi connectivity index (χ2v) is 5.79. The van der Waals surface area contributed by atoms with Gasteiger partial charge in [-0.25, -0.2) is 0 Å². The Balaban J connectivity index is 2.04. The van der Waals surface area contributed by atoms with Crippen molar-refractivity contribution < 1.29 is 13.5 Å². The predicted molar refractivity (Wildman–Crippen MR) is 93.8 cm³/mol. The molecule has 7 heteroatoms. The quantitative estimate of drug-likeness (QED) is 0.722. The first-order valence-electron chi connectivity index (χ1n) is 6.74. The van der Waals surface area contributed by atoms with E-state index in [1.165, 1.54) is 12.1 Å². The van der Waals surface area contributed by atoms with Crippen LogP contribution >= 0.6 is 23.8 Å². The van der Waals surface area contributed by atoms with Crippen LogP contribution in [-0.4, -0.2) is 11.7 Å². The molecule has 0 aliphatic carbocycles. The molecule has 0 unspecified atom stereocenters. The van der Waals surface area contributed by atoms with E-state index in [2.05, 4.69) is 21.4 Å². The zero-order valence-corrected chi connectivity index (χ0v) is 14.1. The average molecular weight is 357 g/mol. The Morgan fingerprint density at radius 3 is 2.22 bits per heavy atom. The van der Waals surface area contributed by atoms with E-state index in [-0.39, 0.29) is 10.8 Å². The second kappa shape index (κ2) is 7.57. The number of halogens is 3. The number of nitrogens with one attached hydrogen (secondary N) is 2. The molecule has 0 fully saturated rings. The molecule has 2 N–H and O–H groups in total. The van der Waals surface area contributed by atoms with Crippen LogP contribution in [-0.2, 0) is 0 Å². The normalized spacial score (nSPS) is 10.5. The van der Waals surface area contributed by atoms with Crippen molar-refractivity contribution in [2.24, 2.45) is 0 Å². The van der Waals surface area contributed by atoms with Crippen molar-refractivity contribution >= 4 is 40.3 Å². The molecule has 2 rings (SSSR count). The van der Waals surface area contributed by atoms with E-state index >= 15 is 0 Å². The molecule has 2 aromatic rings. The molecule has 0 aliphatic rings. The highest BCUT2D eigenvalue weighted by Gasteiger charge is 2.09. The lowest BCUT2D eigenvalue weighted by molar-refractivity contribution is -0.0497. The molecular formula is C16H15ClF2N2OS. The van der Waals surface area contributed by atoms with Crippen LogP contribution in [0, 0.1) is 13.8 Å². The molecule has 0 amide bonds. The lowest BCUT2D eigenvalue weighted by Crippen LogP contribution is -2.19. The van der Waals surface area contributed by atoms with Crippen molar-refractivity contribution in [1.29, 1.82) is 0 Å². The molecule has 0 atom stereocenters. The van der Waals surface area contributed by atoms with Gasteiger partial charge in [0, 0.05) is 11.4 Å². The molecule has 0 saturated carbocycles. The van der Waals surface area contributed by atoms with Gasteiger partial charge in [0.2, 0.25) is 0 Å². The lowest BCUT2D eigenvalue weighted by atomic mass is 10.1. The Hall–Kier alpha value is -1.92.